The van der Waals surface area contributed by atoms with Gasteiger partial charge in [0.25, 0.3) is 0 Å². The zero-order valence-electron chi connectivity index (χ0n) is 11.7. The highest BCUT2D eigenvalue weighted by Gasteiger charge is 2.30. The highest BCUT2D eigenvalue weighted by atomic mass is 19.4. The number of nitrogens with one attached hydrogen (secondary N) is 1. The second kappa shape index (κ2) is 4.81. The zero-order chi connectivity index (χ0) is 16.0. The molecule has 0 aliphatic carbocycles. The third-order valence-electron chi connectivity index (χ3n) is 3.73. The van der Waals surface area contributed by atoms with Crippen LogP contribution in [0.3, 0.4) is 0 Å². The van der Waals surface area contributed by atoms with Crippen LogP contribution in [-0.4, -0.2) is 15.0 Å². The number of H-pyrrole nitrogens is 1. The third kappa shape index (κ3) is 2.32. The van der Waals surface area contributed by atoms with Crippen LogP contribution in [0.5, 0.6) is 0 Å². The van der Waals surface area contributed by atoms with Crippen molar-refractivity contribution in [3.05, 3.63) is 60.3 Å². The van der Waals surface area contributed by atoms with Crippen molar-refractivity contribution >= 4 is 21.9 Å². The summed E-state index contributed by atoms with van der Waals surface area (Å²) in [4.78, 5) is 11.9. The summed E-state index contributed by atoms with van der Waals surface area (Å²) in [6.07, 6.45) is -2.66. The van der Waals surface area contributed by atoms with Crippen LogP contribution in [-0.2, 0) is 6.18 Å². The molecule has 0 aliphatic rings. The van der Waals surface area contributed by atoms with E-state index in [-0.39, 0.29) is 0 Å². The maximum Gasteiger partial charge on any atom is 0.416 e. The quantitative estimate of drug-likeness (QED) is 0.548. The molecule has 0 unspecified atom stereocenters. The molecule has 0 atom stereocenters. The van der Waals surface area contributed by atoms with E-state index in [9.17, 15) is 13.2 Å². The lowest BCUT2D eigenvalue weighted by Gasteiger charge is -2.07. The number of hydrogen-bond donors (Lipinski definition) is 1. The van der Waals surface area contributed by atoms with Crippen LogP contribution < -0.4 is 0 Å². The number of rotatable bonds is 1. The van der Waals surface area contributed by atoms with Gasteiger partial charge in [0.15, 0.2) is 5.82 Å². The number of para-hydroxylation sites is 1. The molecule has 4 aromatic rings. The van der Waals surface area contributed by atoms with Gasteiger partial charge in [-0.2, -0.15) is 13.2 Å². The maximum absolute atomic E-state index is 12.6. The molecule has 3 nitrogen and oxygen atoms in total. The van der Waals surface area contributed by atoms with Gasteiger partial charge in [-0.15, -0.1) is 0 Å². The average Bonchev–Trinajstić information content (AvgIpc) is 2.92. The predicted octanol–water partition coefficient (Wildman–Crippen LogP) is 4.80. The second-order valence-electron chi connectivity index (χ2n) is 5.20. The van der Waals surface area contributed by atoms with Crippen molar-refractivity contribution in [3.63, 3.8) is 0 Å². The van der Waals surface area contributed by atoms with E-state index in [2.05, 4.69) is 15.0 Å². The molecule has 2 heterocycles. The standard InChI is InChI=1S/C17H10F3N3/c18-17(19,20)11-7-5-10(6-8-11)15-21-9-13-12-3-1-2-4-14(12)22-16(13)23-15/h1-9H,(H,21,22,23). The van der Waals surface area contributed by atoms with Gasteiger partial charge in [0.2, 0.25) is 0 Å². The van der Waals surface area contributed by atoms with Gasteiger partial charge in [-0.25, -0.2) is 9.97 Å². The van der Waals surface area contributed by atoms with Crippen molar-refractivity contribution in [3.8, 4) is 11.4 Å². The molecule has 2 aromatic carbocycles. The number of hydrogen-bond acceptors (Lipinski definition) is 2. The number of fused-ring (bicyclic) bond motifs is 3. The topological polar surface area (TPSA) is 41.6 Å². The number of benzene rings is 2. The summed E-state index contributed by atoms with van der Waals surface area (Å²) in [5.41, 5.74) is 1.46. The van der Waals surface area contributed by atoms with Crippen molar-refractivity contribution < 1.29 is 13.2 Å². The summed E-state index contributed by atoms with van der Waals surface area (Å²) in [5, 5.41) is 1.90. The largest absolute Gasteiger partial charge is 0.416 e. The first-order valence-corrected chi connectivity index (χ1v) is 6.93. The highest BCUT2D eigenvalue weighted by molar-refractivity contribution is 6.05. The Hall–Kier alpha value is -2.89. The minimum atomic E-state index is -4.35. The lowest BCUT2D eigenvalue weighted by molar-refractivity contribution is -0.137. The van der Waals surface area contributed by atoms with E-state index in [4.69, 9.17) is 0 Å². The van der Waals surface area contributed by atoms with Crippen molar-refractivity contribution in [1.29, 1.82) is 0 Å². The van der Waals surface area contributed by atoms with Gasteiger partial charge in [0.1, 0.15) is 5.65 Å². The van der Waals surface area contributed by atoms with Crippen molar-refractivity contribution in [2.75, 3.05) is 0 Å². The first kappa shape index (κ1) is 13.8. The number of aromatic amines is 1. The summed E-state index contributed by atoms with van der Waals surface area (Å²) in [5.74, 6) is 0.387. The van der Waals surface area contributed by atoms with Crippen LogP contribution in [0.4, 0.5) is 13.2 Å². The van der Waals surface area contributed by atoms with Gasteiger partial charge >= 0.3 is 6.18 Å². The van der Waals surface area contributed by atoms with Crippen molar-refractivity contribution in [2.24, 2.45) is 0 Å². The van der Waals surface area contributed by atoms with Crippen LogP contribution in [0.15, 0.2) is 54.7 Å². The Balaban J connectivity index is 1.81. The molecule has 0 aliphatic heterocycles. The predicted molar refractivity (Wildman–Crippen MR) is 81.8 cm³/mol. The number of nitrogens with zero attached hydrogens (tertiary/aromatic N) is 2. The van der Waals surface area contributed by atoms with E-state index in [1.165, 1.54) is 12.1 Å². The minimum Gasteiger partial charge on any atom is -0.339 e. The monoisotopic (exact) mass is 313 g/mol. The smallest absolute Gasteiger partial charge is 0.339 e. The molecule has 0 bridgehead atoms. The molecule has 1 N–H and O–H groups in total. The molecule has 4 rings (SSSR count). The van der Waals surface area contributed by atoms with Crippen molar-refractivity contribution in [1.82, 2.24) is 15.0 Å². The fourth-order valence-electron chi connectivity index (χ4n) is 2.58. The first-order valence-electron chi connectivity index (χ1n) is 6.93. The van der Waals surface area contributed by atoms with Gasteiger partial charge in [0.05, 0.1) is 5.56 Å². The lowest BCUT2D eigenvalue weighted by Crippen LogP contribution is -2.04. The van der Waals surface area contributed by atoms with Gasteiger partial charge in [-0.3, -0.25) is 0 Å². The Morgan fingerprint density at radius 1 is 0.870 bits per heavy atom. The molecular formula is C17H10F3N3. The van der Waals surface area contributed by atoms with E-state index in [1.54, 1.807) is 6.20 Å². The molecule has 0 spiro atoms. The average molecular weight is 313 g/mol. The molecule has 0 saturated heterocycles. The van der Waals surface area contributed by atoms with Crippen molar-refractivity contribution in [2.45, 2.75) is 6.18 Å². The fourth-order valence-corrected chi connectivity index (χ4v) is 2.58. The van der Waals surface area contributed by atoms with Crippen LogP contribution in [0, 0.1) is 0 Å². The van der Waals surface area contributed by atoms with Crippen LogP contribution in [0.1, 0.15) is 5.56 Å². The highest BCUT2D eigenvalue weighted by Crippen LogP contribution is 2.31. The summed E-state index contributed by atoms with van der Waals surface area (Å²) in [6, 6.07) is 12.6. The molecule has 0 fully saturated rings. The molecule has 23 heavy (non-hydrogen) atoms. The molecule has 6 heteroatoms. The summed E-state index contributed by atoms with van der Waals surface area (Å²) < 4.78 is 37.8. The van der Waals surface area contributed by atoms with E-state index in [1.807, 2.05) is 24.3 Å². The van der Waals surface area contributed by atoms with Crippen LogP contribution >= 0.6 is 0 Å². The van der Waals surface area contributed by atoms with Gasteiger partial charge < -0.3 is 4.98 Å². The van der Waals surface area contributed by atoms with Gasteiger partial charge in [-0.1, -0.05) is 30.3 Å². The summed E-state index contributed by atoms with van der Waals surface area (Å²) in [6.45, 7) is 0. The normalized spacial score (nSPS) is 12.1. The SMILES string of the molecule is FC(F)(F)c1ccc(-c2ncc3c(n2)[nH]c2ccccc23)cc1. The molecule has 0 amide bonds. The first-order chi connectivity index (χ1) is 11.0. The van der Waals surface area contributed by atoms with Gasteiger partial charge in [0, 0.05) is 28.0 Å². The Bertz CT molecular complexity index is 1000. The molecular weight excluding hydrogens is 303 g/mol. The van der Waals surface area contributed by atoms with E-state index in [0.717, 1.165) is 28.4 Å². The zero-order valence-corrected chi connectivity index (χ0v) is 11.7. The Morgan fingerprint density at radius 2 is 1.61 bits per heavy atom. The van der Waals surface area contributed by atoms with E-state index >= 15 is 0 Å². The molecule has 114 valence electrons. The number of aromatic nitrogens is 3. The van der Waals surface area contributed by atoms with Crippen LogP contribution in [0.25, 0.3) is 33.3 Å². The van der Waals surface area contributed by atoms with E-state index < -0.39 is 11.7 Å². The Morgan fingerprint density at radius 3 is 2.35 bits per heavy atom. The number of halogens is 3. The molecule has 2 aromatic heterocycles. The summed E-state index contributed by atoms with van der Waals surface area (Å²) >= 11 is 0. The lowest BCUT2D eigenvalue weighted by atomic mass is 10.1. The Kier molecular flexibility index (Phi) is 2.87. The molecule has 0 radical (unpaired) electrons. The third-order valence-corrected chi connectivity index (χ3v) is 3.73. The van der Waals surface area contributed by atoms with Crippen LogP contribution in [0.2, 0.25) is 0 Å². The van der Waals surface area contributed by atoms with Gasteiger partial charge in [-0.05, 0) is 18.2 Å². The molecule has 0 saturated carbocycles. The maximum atomic E-state index is 12.6. The summed E-state index contributed by atoms with van der Waals surface area (Å²) in [7, 11) is 0. The number of alkyl halides is 3. The van der Waals surface area contributed by atoms with E-state index in [0.29, 0.717) is 17.0 Å². The fraction of sp³-hybridized carbons (Fsp3) is 0.0588. The Labute approximate surface area is 128 Å². The second-order valence-corrected chi connectivity index (χ2v) is 5.20. The minimum absolute atomic E-state index is 0.387.